The smallest absolute Gasteiger partial charge is 0.326 e. The largest absolute Gasteiger partial charge is 0.480 e. The lowest BCUT2D eigenvalue weighted by atomic mass is 10.1. The van der Waals surface area contributed by atoms with Gasteiger partial charge >= 0.3 is 5.97 Å². The third-order valence-electron chi connectivity index (χ3n) is 3.33. The molecule has 0 aliphatic carbocycles. The number of unbranched alkanes of at least 4 members (excludes halogenated alkanes) is 1. The van der Waals surface area contributed by atoms with Gasteiger partial charge in [-0.05, 0) is 24.6 Å². The third kappa shape index (κ3) is 7.09. The first-order valence-electron chi connectivity index (χ1n) is 7.96. The van der Waals surface area contributed by atoms with Crippen molar-refractivity contribution < 1.29 is 27.9 Å². The minimum atomic E-state index is -3.66. The highest BCUT2D eigenvalue weighted by atomic mass is 32.2. The van der Waals surface area contributed by atoms with Gasteiger partial charge in [0.15, 0.2) is 0 Å². The molecule has 1 unspecified atom stereocenters. The maximum Gasteiger partial charge on any atom is 0.326 e. The second kappa shape index (κ2) is 9.18. The Bertz CT molecular complexity index is 791. The van der Waals surface area contributed by atoms with Crippen LogP contribution in [-0.4, -0.2) is 43.6 Å². The predicted molar refractivity (Wildman–Crippen MR) is 97.6 cm³/mol. The van der Waals surface area contributed by atoms with E-state index in [1.54, 1.807) is 0 Å². The van der Waals surface area contributed by atoms with E-state index >= 15 is 0 Å². The van der Waals surface area contributed by atoms with E-state index < -0.39 is 27.9 Å². The monoisotopic (exact) mass is 385 g/mol. The van der Waals surface area contributed by atoms with Crippen molar-refractivity contribution in [3.05, 3.63) is 23.8 Å². The Morgan fingerprint density at radius 3 is 2.38 bits per heavy atom. The summed E-state index contributed by atoms with van der Waals surface area (Å²) in [5, 5.41) is 14.1. The van der Waals surface area contributed by atoms with Crippen LogP contribution < -0.4 is 15.4 Å². The molecule has 0 saturated heterocycles. The molecule has 1 aromatic carbocycles. The molecule has 0 saturated carbocycles. The van der Waals surface area contributed by atoms with E-state index in [2.05, 4.69) is 15.4 Å². The first-order valence-corrected chi connectivity index (χ1v) is 9.85. The van der Waals surface area contributed by atoms with Gasteiger partial charge < -0.3 is 15.7 Å². The number of anilines is 2. The number of sulfonamides is 1. The van der Waals surface area contributed by atoms with Crippen LogP contribution in [0, 0.1) is 0 Å². The number of carboxylic acids is 1. The Kier molecular flexibility index (Phi) is 7.56. The zero-order valence-corrected chi connectivity index (χ0v) is 15.6. The maximum absolute atomic E-state index is 12.5. The number of rotatable bonds is 9. The van der Waals surface area contributed by atoms with Crippen LogP contribution in [-0.2, 0) is 19.6 Å². The van der Waals surface area contributed by atoms with Crippen molar-refractivity contribution in [2.24, 2.45) is 0 Å². The highest BCUT2D eigenvalue weighted by Crippen LogP contribution is 2.22. The van der Waals surface area contributed by atoms with E-state index in [1.807, 2.05) is 6.92 Å². The number of hydrogen-bond acceptors (Lipinski definition) is 5. The predicted octanol–water partition coefficient (Wildman–Crippen LogP) is 1.39. The molecule has 1 atom stereocenters. The lowest BCUT2D eigenvalue weighted by Crippen LogP contribution is -2.41. The molecular weight excluding hydrogens is 362 g/mol. The van der Waals surface area contributed by atoms with Crippen LogP contribution in [0.2, 0.25) is 0 Å². The highest BCUT2D eigenvalue weighted by molar-refractivity contribution is 7.92. The van der Waals surface area contributed by atoms with Gasteiger partial charge in [-0.25, -0.2) is 13.2 Å². The van der Waals surface area contributed by atoms with E-state index in [4.69, 9.17) is 0 Å². The molecule has 0 aromatic heterocycles. The van der Waals surface area contributed by atoms with Crippen LogP contribution in [0.15, 0.2) is 18.2 Å². The molecule has 0 radical (unpaired) electrons. The highest BCUT2D eigenvalue weighted by Gasteiger charge is 2.22. The molecule has 1 aromatic rings. The standard InChI is InChI=1S/C16H23N3O6S/c1-4-5-6-14(16(22)23)18-15(21)12-9-11(17-10(2)20)7-8-13(12)19-26(3,24)25/h7-9,14,19H,4-6H2,1-3H3,(H,17,20)(H,18,21)(H,22,23). The van der Waals surface area contributed by atoms with Gasteiger partial charge in [0.05, 0.1) is 17.5 Å². The van der Waals surface area contributed by atoms with E-state index in [1.165, 1.54) is 25.1 Å². The van der Waals surface area contributed by atoms with Crippen molar-refractivity contribution in [1.82, 2.24) is 5.32 Å². The number of amides is 2. The second-order valence-corrected chi connectivity index (χ2v) is 7.57. The van der Waals surface area contributed by atoms with Crippen molar-refractivity contribution in [3.63, 3.8) is 0 Å². The first kappa shape index (κ1) is 21.4. The molecule has 0 spiro atoms. The van der Waals surface area contributed by atoms with Crippen molar-refractivity contribution in [1.29, 1.82) is 0 Å². The summed E-state index contributed by atoms with van der Waals surface area (Å²) in [6, 6.07) is 2.93. The van der Waals surface area contributed by atoms with E-state index in [0.717, 1.165) is 12.7 Å². The minimum absolute atomic E-state index is 0.0151. The number of carboxylic acid groups (broad SMARTS) is 1. The SMILES string of the molecule is CCCCC(NC(=O)c1cc(NC(C)=O)ccc1NS(C)(=O)=O)C(=O)O. The second-order valence-electron chi connectivity index (χ2n) is 5.82. The summed E-state index contributed by atoms with van der Waals surface area (Å²) in [5.41, 5.74) is 0.172. The Morgan fingerprint density at radius 1 is 1.23 bits per heavy atom. The average molecular weight is 385 g/mol. The lowest BCUT2D eigenvalue weighted by Gasteiger charge is -2.17. The molecule has 4 N–H and O–H groups in total. The van der Waals surface area contributed by atoms with E-state index in [-0.39, 0.29) is 29.3 Å². The van der Waals surface area contributed by atoms with Gasteiger partial charge in [0.1, 0.15) is 6.04 Å². The topological polar surface area (TPSA) is 142 Å². The fourth-order valence-corrected chi connectivity index (χ4v) is 2.78. The normalized spacial score (nSPS) is 12.1. The molecule has 0 heterocycles. The molecule has 10 heteroatoms. The van der Waals surface area contributed by atoms with Crippen LogP contribution in [0.25, 0.3) is 0 Å². The molecule has 2 amide bonds. The summed E-state index contributed by atoms with van der Waals surface area (Å²) >= 11 is 0. The summed E-state index contributed by atoms with van der Waals surface area (Å²) in [5.74, 6) is -2.30. The maximum atomic E-state index is 12.5. The summed E-state index contributed by atoms with van der Waals surface area (Å²) in [6.07, 6.45) is 2.55. The van der Waals surface area contributed by atoms with Crippen LogP contribution in [0.3, 0.4) is 0 Å². The fraction of sp³-hybridized carbons (Fsp3) is 0.438. The van der Waals surface area contributed by atoms with Gasteiger partial charge in [-0.2, -0.15) is 0 Å². The van der Waals surface area contributed by atoms with Gasteiger partial charge in [0, 0.05) is 12.6 Å². The van der Waals surface area contributed by atoms with Gasteiger partial charge in [0.25, 0.3) is 5.91 Å². The molecule has 9 nitrogen and oxygen atoms in total. The van der Waals surface area contributed by atoms with Crippen LogP contribution in [0.1, 0.15) is 43.5 Å². The number of carbonyl (C=O) groups excluding carboxylic acids is 2. The van der Waals surface area contributed by atoms with Gasteiger partial charge in [0.2, 0.25) is 15.9 Å². The number of hydrogen-bond donors (Lipinski definition) is 4. The third-order valence-corrected chi connectivity index (χ3v) is 3.92. The molecule has 0 fully saturated rings. The van der Waals surface area contributed by atoms with Crippen LogP contribution in [0.5, 0.6) is 0 Å². The summed E-state index contributed by atoms with van der Waals surface area (Å²) in [7, 11) is -3.66. The molecule has 0 aliphatic heterocycles. The lowest BCUT2D eigenvalue weighted by molar-refractivity contribution is -0.139. The Labute approximate surface area is 152 Å². The van der Waals surface area contributed by atoms with E-state index in [9.17, 15) is 27.9 Å². The Morgan fingerprint density at radius 2 is 1.88 bits per heavy atom. The number of nitrogens with one attached hydrogen (secondary N) is 3. The summed E-state index contributed by atoms with van der Waals surface area (Å²) in [4.78, 5) is 35.1. The Balaban J connectivity index is 3.20. The zero-order valence-electron chi connectivity index (χ0n) is 14.8. The summed E-state index contributed by atoms with van der Waals surface area (Å²) in [6.45, 7) is 3.18. The molecular formula is C16H23N3O6S. The average Bonchev–Trinajstić information content (AvgIpc) is 2.50. The molecule has 1 rings (SSSR count). The van der Waals surface area contributed by atoms with Crippen LogP contribution >= 0.6 is 0 Å². The minimum Gasteiger partial charge on any atom is -0.480 e. The van der Waals surface area contributed by atoms with Crippen molar-refractivity contribution >= 4 is 39.2 Å². The van der Waals surface area contributed by atoms with Crippen LogP contribution in [0.4, 0.5) is 11.4 Å². The Hall–Kier alpha value is -2.62. The van der Waals surface area contributed by atoms with Crippen molar-refractivity contribution in [2.45, 2.75) is 39.2 Å². The number of aliphatic carboxylic acids is 1. The van der Waals surface area contributed by atoms with Gasteiger partial charge in [-0.3, -0.25) is 14.3 Å². The summed E-state index contributed by atoms with van der Waals surface area (Å²) < 4.78 is 25.2. The van der Waals surface area contributed by atoms with E-state index in [0.29, 0.717) is 6.42 Å². The first-order chi connectivity index (χ1) is 12.0. The molecule has 26 heavy (non-hydrogen) atoms. The van der Waals surface area contributed by atoms with Gasteiger partial charge in [-0.1, -0.05) is 19.8 Å². The molecule has 0 aliphatic rings. The van der Waals surface area contributed by atoms with Gasteiger partial charge in [-0.15, -0.1) is 0 Å². The number of carbonyl (C=O) groups is 3. The fourth-order valence-electron chi connectivity index (χ4n) is 2.20. The quantitative estimate of drug-likeness (QED) is 0.506. The zero-order chi connectivity index (χ0) is 19.9. The molecule has 0 bridgehead atoms. The van der Waals surface area contributed by atoms with Crippen molar-refractivity contribution in [2.75, 3.05) is 16.3 Å². The van der Waals surface area contributed by atoms with Crippen molar-refractivity contribution in [3.8, 4) is 0 Å². The molecule has 144 valence electrons. The number of benzene rings is 1.